The van der Waals surface area contributed by atoms with Gasteiger partial charge in [-0.3, -0.25) is 15.0 Å². The van der Waals surface area contributed by atoms with E-state index >= 15 is 0 Å². The van der Waals surface area contributed by atoms with Crippen molar-refractivity contribution in [1.29, 1.82) is 0 Å². The van der Waals surface area contributed by atoms with E-state index in [1.54, 1.807) is 0 Å². The molecule has 3 aromatic rings. The Hall–Kier alpha value is -2.59. The molecule has 4 nitrogen and oxygen atoms in total. The molecule has 1 unspecified atom stereocenters. The predicted molar refractivity (Wildman–Crippen MR) is 100 cm³/mol. The molecule has 128 valence electrons. The van der Waals surface area contributed by atoms with Gasteiger partial charge in [0, 0.05) is 54.9 Å². The van der Waals surface area contributed by atoms with Gasteiger partial charge < -0.3 is 5.32 Å². The van der Waals surface area contributed by atoms with Gasteiger partial charge in [-0.15, -0.1) is 0 Å². The normalized spacial score (nSPS) is 12.0. The lowest BCUT2D eigenvalue weighted by atomic mass is 10.1. The molecule has 0 saturated carbocycles. The highest BCUT2D eigenvalue weighted by atomic mass is 14.9. The molecule has 25 heavy (non-hydrogen) atoms. The van der Waals surface area contributed by atoms with Gasteiger partial charge in [0.25, 0.3) is 0 Å². The van der Waals surface area contributed by atoms with E-state index in [4.69, 9.17) is 4.98 Å². The van der Waals surface area contributed by atoms with Gasteiger partial charge in [-0.05, 0) is 42.8 Å². The summed E-state index contributed by atoms with van der Waals surface area (Å²) in [5.74, 6) is 0. The van der Waals surface area contributed by atoms with Crippen LogP contribution in [0.4, 0.5) is 0 Å². The van der Waals surface area contributed by atoms with Crippen molar-refractivity contribution in [3.63, 3.8) is 0 Å². The van der Waals surface area contributed by atoms with Crippen molar-refractivity contribution in [3.8, 4) is 0 Å². The molecule has 0 aromatic carbocycles. The Kier molecular flexibility index (Phi) is 6.23. The highest BCUT2D eigenvalue weighted by molar-refractivity contribution is 5.18. The molecule has 0 fully saturated rings. The van der Waals surface area contributed by atoms with E-state index in [-0.39, 0.29) is 0 Å². The van der Waals surface area contributed by atoms with Crippen molar-refractivity contribution < 1.29 is 0 Å². The minimum atomic E-state index is 0.399. The number of nitrogens with zero attached hydrogens (tertiary/aromatic N) is 3. The standard InChI is InChI=1S/C21H24N4/c1-2-17(14-18-8-3-5-12-22-18)24-16-21-11-7-10-20(25-21)15-19-9-4-6-13-23-19/h3-13,17,24H,2,14-16H2,1H3. The van der Waals surface area contributed by atoms with Crippen molar-refractivity contribution in [2.45, 2.75) is 38.8 Å². The summed E-state index contributed by atoms with van der Waals surface area (Å²) < 4.78 is 0. The fraction of sp³-hybridized carbons (Fsp3) is 0.286. The van der Waals surface area contributed by atoms with Crippen LogP contribution in [0.15, 0.2) is 67.0 Å². The minimum absolute atomic E-state index is 0.399. The first-order valence-corrected chi connectivity index (χ1v) is 8.81. The number of rotatable bonds is 8. The third-order valence-corrected chi connectivity index (χ3v) is 4.20. The summed E-state index contributed by atoms with van der Waals surface area (Å²) in [4.78, 5) is 13.6. The second-order valence-corrected chi connectivity index (χ2v) is 6.13. The van der Waals surface area contributed by atoms with Gasteiger partial charge in [0.15, 0.2) is 0 Å². The largest absolute Gasteiger partial charge is 0.308 e. The summed E-state index contributed by atoms with van der Waals surface area (Å²) >= 11 is 0. The number of hydrogen-bond acceptors (Lipinski definition) is 4. The lowest BCUT2D eigenvalue weighted by molar-refractivity contribution is 0.486. The Morgan fingerprint density at radius 2 is 1.48 bits per heavy atom. The Morgan fingerprint density at radius 3 is 2.16 bits per heavy atom. The zero-order chi connectivity index (χ0) is 17.3. The van der Waals surface area contributed by atoms with Gasteiger partial charge in [0.05, 0.1) is 5.69 Å². The van der Waals surface area contributed by atoms with Gasteiger partial charge in [0.1, 0.15) is 0 Å². The van der Waals surface area contributed by atoms with Crippen LogP contribution in [0.3, 0.4) is 0 Å². The van der Waals surface area contributed by atoms with Crippen molar-refractivity contribution in [2.24, 2.45) is 0 Å². The van der Waals surface area contributed by atoms with Gasteiger partial charge in [0.2, 0.25) is 0 Å². The van der Waals surface area contributed by atoms with Crippen LogP contribution < -0.4 is 5.32 Å². The molecule has 0 spiro atoms. The quantitative estimate of drug-likeness (QED) is 0.685. The van der Waals surface area contributed by atoms with E-state index < -0.39 is 0 Å². The average molecular weight is 332 g/mol. The van der Waals surface area contributed by atoms with E-state index in [1.165, 1.54) is 0 Å². The molecule has 3 rings (SSSR count). The lowest BCUT2D eigenvalue weighted by Gasteiger charge is -2.16. The molecule has 0 aliphatic heterocycles. The zero-order valence-corrected chi connectivity index (χ0v) is 14.6. The van der Waals surface area contributed by atoms with Crippen LogP contribution in [0.1, 0.15) is 36.1 Å². The maximum Gasteiger partial charge on any atom is 0.0545 e. The van der Waals surface area contributed by atoms with E-state index in [9.17, 15) is 0 Å². The van der Waals surface area contributed by atoms with Crippen LogP contribution in [-0.2, 0) is 19.4 Å². The molecule has 0 saturated heterocycles. The third-order valence-electron chi connectivity index (χ3n) is 4.20. The summed E-state index contributed by atoms with van der Waals surface area (Å²) in [5.41, 5.74) is 4.28. The molecule has 0 aliphatic carbocycles. The molecule has 1 N–H and O–H groups in total. The summed E-state index contributed by atoms with van der Waals surface area (Å²) in [5, 5.41) is 3.61. The van der Waals surface area contributed by atoms with Crippen LogP contribution in [0, 0.1) is 0 Å². The summed E-state index contributed by atoms with van der Waals surface area (Å²) in [6.45, 7) is 2.97. The molecule has 1 atom stereocenters. The average Bonchev–Trinajstić information content (AvgIpc) is 2.67. The molecule has 3 aromatic heterocycles. The summed E-state index contributed by atoms with van der Waals surface area (Å²) in [6.07, 6.45) is 6.43. The van der Waals surface area contributed by atoms with Gasteiger partial charge in [-0.2, -0.15) is 0 Å². The zero-order valence-electron chi connectivity index (χ0n) is 14.6. The van der Waals surface area contributed by atoms with Crippen molar-refractivity contribution >= 4 is 0 Å². The maximum absolute atomic E-state index is 4.76. The molecule has 3 heterocycles. The summed E-state index contributed by atoms with van der Waals surface area (Å²) in [6, 6.07) is 18.7. The third kappa shape index (κ3) is 5.47. The Balaban J connectivity index is 1.58. The topological polar surface area (TPSA) is 50.7 Å². The van der Waals surface area contributed by atoms with Gasteiger partial charge in [-0.1, -0.05) is 25.1 Å². The SMILES string of the molecule is CCC(Cc1ccccn1)NCc1cccc(Cc2ccccn2)n1. The molecular weight excluding hydrogens is 308 g/mol. The highest BCUT2D eigenvalue weighted by Gasteiger charge is 2.08. The number of nitrogens with one attached hydrogen (secondary N) is 1. The maximum atomic E-state index is 4.76. The molecule has 0 radical (unpaired) electrons. The van der Waals surface area contributed by atoms with E-state index in [0.29, 0.717) is 6.04 Å². The first-order valence-electron chi connectivity index (χ1n) is 8.81. The van der Waals surface area contributed by atoms with E-state index in [0.717, 1.165) is 48.6 Å². The lowest BCUT2D eigenvalue weighted by Crippen LogP contribution is -2.30. The Morgan fingerprint density at radius 1 is 0.800 bits per heavy atom. The molecule has 0 amide bonds. The number of aromatic nitrogens is 3. The first kappa shape index (κ1) is 17.2. The Bertz CT molecular complexity index is 759. The van der Waals surface area contributed by atoms with Crippen LogP contribution in [-0.4, -0.2) is 21.0 Å². The second-order valence-electron chi connectivity index (χ2n) is 6.13. The van der Waals surface area contributed by atoms with Gasteiger partial charge in [-0.25, -0.2) is 0 Å². The molecular formula is C21H24N4. The monoisotopic (exact) mass is 332 g/mol. The summed E-state index contributed by atoms with van der Waals surface area (Å²) in [7, 11) is 0. The van der Waals surface area contributed by atoms with Crippen LogP contribution in [0.2, 0.25) is 0 Å². The van der Waals surface area contributed by atoms with Gasteiger partial charge >= 0.3 is 0 Å². The van der Waals surface area contributed by atoms with Crippen molar-refractivity contribution in [1.82, 2.24) is 20.3 Å². The minimum Gasteiger partial charge on any atom is -0.308 e. The molecule has 0 aliphatic rings. The van der Waals surface area contributed by atoms with Crippen LogP contribution >= 0.6 is 0 Å². The van der Waals surface area contributed by atoms with Crippen molar-refractivity contribution in [2.75, 3.05) is 0 Å². The number of pyridine rings is 3. The Labute approximate surface area is 149 Å². The number of hydrogen-bond donors (Lipinski definition) is 1. The van der Waals surface area contributed by atoms with E-state index in [1.807, 2.05) is 42.7 Å². The predicted octanol–water partition coefficient (Wildman–Crippen LogP) is 3.57. The van der Waals surface area contributed by atoms with Crippen molar-refractivity contribution in [3.05, 3.63) is 89.8 Å². The molecule has 4 heteroatoms. The van der Waals surface area contributed by atoms with E-state index in [2.05, 4.69) is 46.5 Å². The smallest absolute Gasteiger partial charge is 0.0545 e. The van der Waals surface area contributed by atoms with Crippen LogP contribution in [0.5, 0.6) is 0 Å². The highest BCUT2D eigenvalue weighted by Crippen LogP contribution is 2.08. The van der Waals surface area contributed by atoms with Crippen LogP contribution in [0.25, 0.3) is 0 Å². The fourth-order valence-corrected chi connectivity index (χ4v) is 2.80. The fourth-order valence-electron chi connectivity index (χ4n) is 2.80. The molecule has 0 bridgehead atoms. The second kappa shape index (κ2) is 9.04. The first-order chi connectivity index (χ1) is 12.3.